The number of aliphatic hydroxyl groups is 1. The lowest BCUT2D eigenvalue weighted by Gasteiger charge is -2.28. The molecule has 0 spiro atoms. The van der Waals surface area contributed by atoms with Gasteiger partial charge < -0.3 is 19.8 Å². The standard InChI is InChI=1S/C20H19ClN4O3/c1-10-22-20(28-24-10)17-18(26)14-8-13(15(21)9-16(14)23-19(17)27)11-4-6-12(7-5-11)25(2)3/h4-9,17,19,23,27H,1-3H3. The van der Waals surface area contributed by atoms with Crippen molar-refractivity contribution in [2.75, 3.05) is 24.3 Å². The average molecular weight is 399 g/mol. The molecule has 1 aliphatic heterocycles. The van der Waals surface area contributed by atoms with Crippen LogP contribution in [0.5, 0.6) is 0 Å². The number of aromatic nitrogens is 2. The van der Waals surface area contributed by atoms with E-state index in [1.165, 1.54) is 0 Å². The summed E-state index contributed by atoms with van der Waals surface area (Å²) in [4.78, 5) is 19.2. The lowest BCUT2D eigenvalue weighted by molar-refractivity contribution is 0.0794. The fraction of sp³-hybridized carbons (Fsp3) is 0.250. The molecule has 8 heteroatoms. The minimum atomic E-state index is -1.18. The topological polar surface area (TPSA) is 91.5 Å². The first-order valence-electron chi connectivity index (χ1n) is 8.75. The van der Waals surface area contributed by atoms with Crippen molar-refractivity contribution in [2.45, 2.75) is 19.1 Å². The molecule has 2 heterocycles. The lowest BCUT2D eigenvalue weighted by atomic mass is 9.88. The van der Waals surface area contributed by atoms with E-state index in [1.807, 2.05) is 43.3 Å². The first-order valence-corrected chi connectivity index (χ1v) is 9.13. The third-order valence-corrected chi connectivity index (χ3v) is 5.09. The van der Waals surface area contributed by atoms with Gasteiger partial charge in [-0.2, -0.15) is 4.98 Å². The number of nitrogens with one attached hydrogen (secondary N) is 1. The van der Waals surface area contributed by atoms with Crippen LogP contribution in [0.2, 0.25) is 5.02 Å². The summed E-state index contributed by atoms with van der Waals surface area (Å²) in [5.41, 5.74) is 3.58. The van der Waals surface area contributed by atoms with Crippen LogP contribution in [0.3, 0.4) is 0 Å². The number of nitrogens with zero attached hydrogens (tertiary/aromatic N) is 3. The molecule has 2 unspecified atom stereocenters. The number of aliphatic hydroxyl groups excluding tert-OH is 1. The number of ketones is 1. The van der Waals surface area contributed by atoms with Crippen LogP contribution in [0.4, 0.5) is 11.4 Å². The first-order chi connectivity index (χ1) is 13.3. The molecule has 3 aromatic rings. The molecular weight excluding hydrogens is 380 g/mol. The highest BCUT2D eigenvalue weighted by molar-refractivity contribution is 6.34. The van der Waals surface area contributed by atoms with Gasteiger partial charge >= 0.3 is 0 Å². The minimum Gasteiger partial charge on any atom is -0.378 e. The van der Waals surface area contributed by atoms with Crippen LogP contribution in [0.15, 0.2) is 40.9 Å². The zero-order valence-corrected chi connectivity index (χ0v) is 16.4. The Morgan fingerprint density at radius 3 is 2.50 bits per heavy atom. The third-order valence-electron chi connectivity index (χ3n) is 4.78. The summed E-state index contributed by atoms with van der Waals surface area (Å²) < 4.78 is 5.12. The molecular formula is C20H19ClN4O3. The van der Waals surface area contributed by atoms with Gasteiger partial charge in [-0.1, -0.05) is 28.9 Å². The number of carbonyl (C=O) groups is 1. The molecule has 0 aliphatic carbocycles. The summed E-state index contributed by atoms with van der Waals surface area (Å²) >= 11 is 6.47. The molecule has 0 saturated carbocycles. The molecule has 2 N–H and O–H groups in total. The van der Waals surface area contributed by atoms with E-state index in [4.69, 9.17) is 16.1 Å². The van der Waals surface area contributed by atoms with Crippen molar-refractivity contribution in [3.63, 3.8) is 0 Å². The number of carbonyl (C=O) groups excluding carboxylic acids is 1. The smallest absolute Gasteiger partial charge is 0.242 e. The van der Waals surface area contributed by atoms with Crippen LogP contribution in [0.1, 0.15) is 28.0 Å². The highest BCUT2D eigenvalue weighted by Gasteiger charge is 2.39. The largest absolute Gasteiger partial charge is 0.378 e. The van der Waals surface area contributed by atoms with Crippen LogP contribution < -0.4 is 10.2 Å². The fourth-order valence-corrected chi connectivity index (χ4v) is 3.57. The van der Waals surface area contributed by atoms with Gasteiger partial charge in [0, 0.05) is 36.6 Å². The van der Waals surface area contributed by atoms with E-state index >= 15 is 0 Å². The highest BCUT2D eigenvalue weighted by atomic mass is 35.5. The third kappa shape index (κ3) is 3.12. The molecule has 7 nitrogen and oxygen atoms in total. The second-order valence-corrected chi connectivity index (χ2v) is 7.34. The van der Waals surface area contributed by atoms with Gasteiger partial charge in [0.25, 0.3) is 0 Å². The first kappa shape index (κ1) is 18.5. The summed E-state index contributed by atoms with van der Waals surface area (Å²) in [6, 6.07) is 11.3. The van der Waals surface area contributed by atoms with Crippen LogP contribution in [0.25, 0.3) is 11.1 Å². The van der Waals surface area contributed by atoms with E-state index in [9.17, 15) is 9.90 Å². The van der Waals surface area contributed by atoms with Crippen molar-refractivity contribution in [3.05, 3.63) is 58.7 Å². The summed E-state index contributed by atoms with van der Waals surface area (Å²) in [5, 5.41) is 17.5. The molecule has 1 aromatic heterocycles. The zero-order chi connectivity index (χ0) is 20.0. The minimum absolute atomic E-state index is 0.0833. The summed E-state index contributed by atoms with van der Waals surface area (Å²) in [6.45, 7) is 1.66. The Labute approximate surface area is 166 Å². The Bertz CT molecular complexity index is 1050. The number of aryl methyl sites for hydroxylation is 1. The number of hydrogen-bond donors (Lipinski definition) is 2. The van der Waals surface area contributed by atoms with E-state index in [1.54, 1.807) is 19.1 Å². The lowest BCUT2D eigenvalue weighted by Crippen LogP contribution is -2.38. The number of rotatable bonds is 3. The van der Waals surface area contributed by atoms with Gasteiger partial charge in [0.15, 0.2) is 11.6 Å². The van der Waals surface area contributed by atoms with E-state index in [-0.39, 0.29) is 11.7 Å². The van der Waals surface area contributed by atoms with Gasteiger partial charge in [0.1, 0.15) is 12.1 Å². The summed E-state index contributed by atoms with van der Waals surface area (Å²) in [5.74, 6) is -0.787. The van der Waals surface area contributed by atoms with Crippen LogP contribution in [-0.2, 0) is 0 Å². The summed E-state index contributed by atoms with van der Waals surface area (Å²) in [6.07, 6.45) is -1.18. The Hall–Kier alpha value is -2.90. The highest BCUT2D eigenvalue weighted by Crippen LogP contribution is 2.39. The molecule has 0 bridgehead atoms. The number of benzene rings is 2. The van der Waals surface area contributed by atoms with Gasteiger partial charge in [-0.25, -0.2) is 0 Å². The van der Waals surface area contributed by atoms with Crippen molar-refractivity contribution < 1.29 is 14.4 Å². The predicted octanol–water partition coefficient (Wildman–Crippen LogP) is 3.47. The van der Waals surface area contributed by atoms with Crippen LogP contribution in [0, 0.1) is 6.92 Å². The molecule has 0 radical (unpaired) electrons. The normalized spacial score (nSPS) is 18.5. The van der Waals surface area contributed by atoms with Crippen molar-refractivity contribution in [2.24, 2.45) is 0 Å². The molecule has 4 rings (SSSR count). The number of halogens is 1. The van der Waals surface area contributed by atoms with Crippen molar-refractivity contribution in [1.29, 1.82) is 0 Å². The number of hydrogen-bond acceptors (Lipinski definition) is 7. The maximum Gasteiger partial charge on any atom is 0.242 e. The molecule has 0 saturated heterocycles. The second kappa shape index (κ2) is 6.92. The quantitative estimate of drug-likeness (QED) is 0.697. The monoisotopic (exact) mass is 398 g/mol. The SMILES string of the molecule is Cc1noc(C2C(=O)c3cc(-c4ccc(N(C)C)cc4)c(Cl)cc3NC2O)n1. The van der Waals surface area contributed by atoms with Gasteiger partial charge in [0.05, 0.1) is 5.02 Å². The average Bonchev–Trinajstić information content (AvgIpc) is 3.07. The Balaban J connectivity index is 1.76. The van der Waals surface area contributed by atoms with Gasteiger partial charge in [0.2, 0.25) is 5.89 Å². The second-order valence-electron chi connectivity index (χ2n) is 6.93. The van der Waals surface area contributed by atoms with E-state index < -0.39 is 12.1 Å². The number of Topliss-reactive ketones (excluding diaryl/α,β-unsaturated/α-hetero) is 1. The molecule has 2 aromatic carbocycles. The van der Waals surface area contributed by atoms with Gasteiger partial charge in [-0.3, -0.25) is 4.79 Å². The number of anilines is 2. The molecule has 0 fully saturated rings. The molecule has 144 valence electrons. The Morgan fingerprint density at radius 1 is 1.18 bits per heavy atom. The summed E-state index contributed by atoms with van der Waals surface area (Å²) in [7, 11) is 3.94. The predicted molar refractivity (Wildman–Crippen MR) is 107 cm³/mol. The van der Waals surface area contributed by atoms with E-state index in [2.05, 4.69) is 15.5 Å². The van der Waals surface area contributed by atoms with Gasteiger partial charge in [-0.15, -0.1) is 0 Å². The van der Waals surface area contributed by atoms with Crippen LogP contribution in [-0.4, -0.2) is 41.4 Å². The van der Waals surface area contributed by atoms with Crippen molar-refractivity contribution in [3.8, 4) is 11.1 Å². The maximum absolute atomic E-state index is 13.1. The molecule has 1 aliphatic rings. The molecule has 28 heavy (non-hydrogen) atoms. The van der Waals surface area contributed by atoms with E-state index in [0.717, 1.165) is 16.8 Å². The number of fused-ring (bicyclic) bond motifs is 1. The molecule has 2 atom stereocenters. The zero-order valence-electron chi connectivity index (χ0n) is 15.6. The van der Waals surface area contributed by atoms with Crippen LogP contribution >= 0.6 is 11.6 Å². The van der Waals surface area contributed by atoms with Crippen molar-refractivity contribution in [1.82, 2.24) is 10.1 Å². The van der Waals surface area contributed by atoms with Crippen molar-refractivity contribution >= 4 is 28.8 Å². The Kier molecular flexibility index (Phi) is 4.56. The molecule has 0 amide bonds. The van der Waals surface area contributed by atoms with Gasteiger partial charge in [-0.05, 0) is 36.8 Å². The Morgan fingerprint density at radius 2 is 1.89 bits per heavy atom. The maximum atomic E-state index is 13.1. The van der Waals surface area contributed by atoms with E-state index in [0.29, 0.717) is 22.1 Å². The fourth-order valence-electron chi connectivity index (χ4n) is 3.30.